The standard InChI is InChI=1S/C19H23F3N2S/c1-24(18-9-12-5-13(10-18)7-14(6-12)11-18)17(25)23-16-4-2-3-15(8-16)19(20,21)22/h2-4,8,12-14H,5-7,9-11H2,1H3,(H,23,25). The average Bonchev–Trinajstić information content (AvgIpc) is 2.52. The van der Waals surface area contributed by atoms with Crippen LogP contribution in [0.15, 0.2) is 24.3 Å². The van der Waals surface area contributed by atoms with Gasteiger partial charge < -0.3 is 10.2 Å². The van der Waals surface area contributed by atoms with Gasteiger partial charge in [0, 0.05) is 18.3 Å². The number of thiocarbonyl (C=S) groups is 1. The van der Waals surface area contributed by atoms with E-state index in [4.69, 9.17) is 12.2 Å². The van der Waals surface area contributed by atoms with E-state index < -0.39 is 11.7 Å². The van der Waals surface area contributed by atoms with Crippen LogP contribution in [0.5, 0.6) is 0 Å². The minimum Gasteiger partial charge on any atom is -0.346 e. The van der Waals surface area contributed by atoms with Gasteiger partial charge in [0.1, 0.15) is 0 Å². The highest BCUT2D eigenvalue weighted by Gasteiger charge is 2.53. The molecule has 4 aliphatic rings. The van der Waals surface area contributed by atoms with Crippen molar-refractivity contribution in [3.05, 3.63) is 29.8 Å². The van der Waals surface area contributed by atoms with E-state index in [0.29, 0.717) is 10.8 Å². The Morgan fingerprint density at radius 1 is 1.12 bits per heavy atom. The molecule has 0 heterocycles. The lowest BCUT2D eigenvalue weighted by atomic mass is 9.52. The van der Waals surface area contributed by atoms with Gasteiger partial charge in [0.2, 0.25) is 0 Å². The summed E-state index contributed by atoms with van der Waals surface area (Å²) in [5.41, 5.74) is -0.158. The zero-order chi connectivity index (χ0) is 17.8. The molecule has 0 atom stereocenters. The van der Waals surface area contributed by atoms with Crippen molar-refractivity contribution in [3.63, 3.8) is 0 Å². The maximum absolute atomic E-state index is 12.9. The Hall–Kier alpha value is -1.30. The summed E-state index contributed by atoms with van der Waals surface area (Å²) in [6, 6.07) is 5.25. The van der Waals surface area contributed by atoms with Crippen LogP contribution in [0.3, 0.4) is 0 Å². The zero-order valence-electron chi connectivity index (χ0n) is 14.3. The van der Waals surface area contributed by atoms with Gasteiger partial charge in [-0.2, -0.15) is 13.2 Å². The number of rotatable bonds is 2. The third kappa shape index (κ3) is 3.14. The van der Waals surface area contributed by atoms with Crippen LogP contribution in [0.1, 0.15) is 44.1 Å². The van der Waals surface area contributed by atoms with Crippen molar-refractivity contribution in [2.24, 2.45) is 17.8 Å². The Kier molecular flexibility index (Phi) is 4.02. The number of alkyl halides is 3. The molecule has 4 fully saturated rings. The zero-order valence-corrected chi connectivity index (χ0v) is 15.1. The smallest absolute Gasteiger partial charge is 0.346 e. The molecule has 136 valence electrons. The van der Waals surface area contributed by atoms with Gasteiger partial charge in [-0.05, 0) is 86.7 Å². The second kappa shape index (κ2) is 5.86. The van der Waals surface area contributed by atoms with Crippen molar-refractivity contribution in [3.8, 4) is 0 Å². The van der Waals surface area contributed by atoms with Crippen molar-refractivity contribution in [2.75, 3.05) is 12.4 Å². The van der Waals surface area contributed by atoms with Crippen molar-refractivity contribution in [1.29, 1.82) is 0 Å². The molecule has 6 heteroatoms. The largest absolute Gasteiger partial charge is 0.416 e. The second-order valence-electron chi connectivity index (χ2n) is 8.21. The van der Waals surface area contributed by atoms with Crippen molar-refractivity contribution >= 4 is 23.0 Å². The predicted octanol–water partition coefficient (Wildman–Crippen LogP) is 5.30. The third-order valence-corrected chi connectivity index (χ3v) is 6.84. The summed E-state index contributed by atoms with van der Waals surface area (Å²) < 4.78 is 38.7. The fourth-order valence-corrected chi connectivity index (χ4v) is 5.98. The number of hydrogen-bond donors (Lipinski definition) is 1. The number of nitrogens with zero attached hydrogens (tertiary/aromatic N) is 1. The first-order valence-electron chi connectivity index (χ1n) is 8.97. The van der Waals surface area contributed by atoms with Gasteiger partial charge >= 0.3 is 6.18 Å². The molecular weight excluding hydrogens is 345 g/mol. The molecule has 4 aliphatic carbocycles. The van der Waals surface area contributed by atoms with Crippen LogP contribution in [0.4, 0.5) is 18.9 Å². The van der Waals surface area contributed by atoms with Crippen LogP contribution < -0.4 is 5.32 Å². The van der Waals surface area contributed by atoms with E-state index in [1.54, 1.807) is 6.07 Å². The molecule has 5 rings (SSSR count). The first kappa shape index (κ1) is 17.1. The molecule has 0 saturated heterocycles. The van der Waals surface area contributed by atoms with Gasteiger partial charge in [-0.1, -0.05) is 6.07 Å². The molecule has 4 bridgehead atoms. The van der Waals surface area contributed by atoms with E-state index in [9.17, 15) is 13.2 Å². The Balaban J connectivity index is 1.50. The van der Waals surface area contributed by atoms with E-state index in [-0.39, 0.29) is 5.54 Å². The predicted molar refractivity (Wildman–Crippen MR) is 96.3 cm³/mol. The summed E-state index contributed by atoms with van der Waals surface area (Å²) in [5.74, 6) is 2.39. The highest BCUT2D eigenvalue weighted by atomic mass is 32.1. The van der Waals surface area contributed by atoms with E-state index >= 15 is 0 Å². The molecule has 0 aromatic heterocycles. The maximum atomic E-state index is 12.9. The molecule has 0 aliphatic heterocycles. The van der Waals surface area contributed by atoms with E-state index in [1.165, 1.54) is 44.6 Å². The molecule has 0 radical (unpaired) electrons. The molecule has 0 unspecified atom stereocenters. The molecule has 25 heavy (non-hydrogen) atoms. The lowest BCUT2D eigenvalue weighted by Crippen LogP contribution is -2.60. The molecule has 0 amide bonds. The molecule has 0 spiro atoms. The van der Waals surface area contributed by atoms with Gasteiger partial charge in [0.15, 0.2) is 5.11 Å². The highest BCUT2D eigenvalue weighted by Crippen LogP contribution is 2.57. The maximum Gasteiger partial charge on any atom is 0.416 e. The van der Waals surface area contributed by atoms with E-state index in [2.05, 4.69) is 10.2 Å². The van der Waals surface area contributed by atoms with Crippen molar-refractivity contribution < 1.29 is 13.2 Å². The van der Waals surface area contributed by atoms with Crippen LogP contribution in [0.2, 0.25) is 0 Å². The number of anilines is 1. The lowest BCUT2D eigenvalue weighted by molar-refractivity contribution is -0.137. The molecule has 4 saturated carbocycles. The molecule has 1 aromatic carbocycles. The Morgan fingerprint density at radius 2 is 1.68 bits per heavy atom. The monoisotopic (exact) mass is 368 g/mol. The van der Waals surface area contributed by atoms with Crippen LogP contribution in [0.25, 0.3) is 0 Å². The van der Waals surface area contributed by atoms with Crippen LogP contribution in [-0.4, -0.2) is 22.6 Å². The highest BCUT2D eigenvalue weighted by molar-refractivity contribution is 7.80. The number of hydrogen-bond acceptors (Lipinski definition) is 1. The first-order valence-corrected chi connectivity index (χ1v) is 9.38. The number of halogens is 3. The minimum atomic E-state index is -4.34. The minimum absolute atomic E-state index is 0.0977. The SMILES string of the molecule is CN(C(=S)Nc1cccc(C(F)(F)F)c1)C12CC3CC(CC(C3)C1)C2. The number of benzene rings is 1. The van der Waals surface area contributed by atoms with Gasteiger partial charge in [-0.3, -0.25) is 0 Å². The fraction of sp³-hybridized carbons (Fsp3) is 0.632. The summed E-state index contributed by atoms with van der Waals surface area (Å²) >= 11 is 5.56. The second-order valence-corrected chi connectivity index (χ2v) is 8.60. The van der Waals surface area contributed by atoms with Gasteiger partial charge in [-0.25, -0.2) is 0 Å². The Bertz CT molecular complexity index is 650. The van der Waals surface area contributed by atoms with E-state index in [1.807, 2.05) is 7.05 Å². The quantitative estimate of drug-likeness (QED) is 0.713. The lowest BCUT2D eigenvalue weighted by Gasteiger charge is -2.60. The normalized spacial score (nSPS) is 33.4. The molecule has 1 aromatic rings. The summed E-state index contributed by atoms with van der Waals surface area (Å²) in [4.78, 5) is 2.15. The Labute approximate surface area is 151 Å². The van der Waals surface area contributed by atoms with Crippen LogP contribution in [0, 0.1) is 17.8 Å². The average molecular weight is 368 g/mol. The van der Waals surface area contributed by atoms with Gasteiger partial charge in [0.05, 0.1) is 5.56 Å². The number of nitrogens with one attached hydrogen (secondary N) is 1. The summed E-state index contributed by atoms with van der Waals surface area (Å²) in [7, 11) is 2.01. The summed E-state index contributed by atoms with van der Waals surface area (Å²) in [5, 5.41) is 3.57. The Morgan fingerprint density at radius 3 is 2.20 bits per heavy atom. The van der Waals surface area contributed by atoms with Gasteiger partial charge in [0.25, 0.3) is 0 Å². The topological polar surface area (TPSA) is 15.3 Å². The summed E-state index contributed by atoms with van der Waals surface area (Å²) in [6.45, 7) is 0. The van der Waals surface area contributed by atoms with E-state index in [0.717, 1.165) is 29.9 Å². The molecule has 1 N–H and O–H groups in total. The summed E-state index contributed by atoms with van der Waals surface area (Å²) in [6.07, 6.45) is 3.20. The molecular formula is C19H23F3N2S. The third-order valence-electron chi connectivity index (χ3n) is 6.46. The van der Waals surface area contributed by atoms with Crippen molar-refractivity contribution in [1.82, 2.24) is 4.90 Å². The molecule has 2 nitrogen and oxygen atoms in total. The van der Waals surface area contributed by atoms with Crippen molar-refractivity contribution in [2.45, 2.75) is 50.2 Å². The van der Waals surface area contributed by atoms with Crippen LogP contribution in [-0.2, 0) is 6.18 Å². The van der Waals surface area contributed by atoms with Gasteiger partial charge in [-0.15, -0.1) is 0 Å². The first-order chi connectivity index (χ1) is 11.7. The van der Waals surface area contributed by atoms with Crippen LogP contribution >= 0.6 is 12.2 Å². The fourth-order valence-electron chi connectivity index (χ4n) is 5.67.